The lowest BCUT2D eigenvalue weighted by molar-refractivity contribution is 0.0694. The van der Waals surface area contributed by atoms with E-state index in [1.54, 1.807) is 12.1 Å². The Morgan fingerprint density at radius 3 is 2.50 bits per heavy atom. The van der Waals surface area contributed by atoms with Gasteiger partial charge in [-0.05, 0) is 42.1 Å². The van der Waals surface area contributed by atoms with Crippen molar-refractivity contribution >= 4 is 51.9 Å². The van der Waals surface area contributed by atoms with Crippen LogP contribution in [0.15, 0.2) is 29.3 Å². The minimum Gasteiger partial charge on any atom is -0.477 e. The Balaban J connectivity index is 2.08. The Bertz CT molecular complexity index is 761. The van der Waals surface area contributed by atoms with Crippen LogP contribution in [0.25, 0.3) is 0 Å². The fourth-order valence-electron chi connectivity index (χ4n) is 2.20. The van der Waals surface area contributed by atoms with Crippen LogP contribution in [0.5, 0.6) is 0 Å². The van der Waals surface area contributed by atoms with Crippen LogP contribution in [-0.4, -0.2) is 27.5 Å². The standard InChI is InChI=1S/C17H20ClN3O3S2/c1-3-12(4-2)19-17(24)20-14-13(16(22)23)15(21-26-14)25-9-10-5-7-11(18)8-6-10/h5-8,12H,3-4,9H2,1-2H3,(H,22,23)(H2,19,20,24). The van der Waals surface area contributed by atoms with Gasteiger partial charge in [0.2, 0.25) is 0 Å². The van der Waals surface area contributed by atoms with E-state index in [-0.39, 0.29) is 16.6 Å². The highest BCUT2D eigenvalue weighted by Gasteiger charge is 2.22. The van der Waals surface area contributed by atoms with Crippen LogP contribution in [0.2, 0.25) is 5.02 Å². The number of aromatic carboxylic acids is 1. The molecule has 3 N–H and O–H groups in total. The Morgan fingerprint density at radius 1 is 1.27 bits per heavy atom. The van der Waals surface area contributed by atoms with Gasteiger partial charge in [-0.2, -0.15) is 4.37 Å². The molecule has 0 aliphatic rings. The summed E-state index contributed by atoms with van der Waals surface area (Å²) in [5.74, 6) is -0.559. The second-order valence-corrected chi connectivity index (χ2v) is 7.70. The molecule has 0 spiro atoms. The molecule has 0 saturated carbocycles. The zero-order valence-electron chi connectivity index (χ0n) is 14.4. The Labute approximate surface area is 165 Å². The summed E-state index contributed by atoms with van der Waals surface area (Å²) in [6.45, 7) is 3.96. The smallest absolute Gasteiger partial charge is 0.341 e. The predicted molar refractivity (Wildman–Crippen MR) is 107 cm³/mol. The SMILES string of the molecule is CCC(CC)NC(=O)Nc1snc(SCc2ccc(Cl)cc2)c1C(=O)O. The van der Waals surface area contributed by atoms with Crippen molar-refractivity contribution in [3.8, 4) is 0 Å². The van der Waals surface area contributed by atoms with Gasteiger partial charge in [0, 0.05) is 16.8 Å². The third kappa shape index (κ3) is 5.62. The van der Waals surface area contributed by atoms with Crippen molar-refractivity contribution in [2.24, 2.45) is 0 Å². The van der Waals surface area contributed by atoms with Gasteiger partial charge in [-0.3, -0.25) is 5.32 Å². The molecule has 0 bridgehead atoms. The third-order valence-electron chi connectivity index (χ3n) is 3.71. The van der Waals surface area contributed by atoms with Gasteiger partial charge in [-0.15, -0.1) is 0 Å². The molecular weight excluding hydrogens is 394 g/mol. The van der Waals surface area contributed by atoms with Gasteiger partial charge < -0.3 is 10.4 Å². The van der Waals surface area contributed by atoms with Crippen molar-refractivity contribution in [1.29, 1.82) is 0 Å². The molecule has 26 heavy (non-hydrogen) atoms. The Hall–Kier alpha value is -1.77. The van der Waals surface area contributed by atoms with Crippen LogP contribution in [0.3, 0.4) is 0 Å². The molecule has 1 aromatic heterocycles. The minimum atomic E-state index is -1.12. The summed E-state index contributed by atoms with van der Waals surface area (Å²) in [7, 11) is 0. The van der Waals surface area contributed by atoms with E-state index in [9.17, 15) is 14.7 Å². The van der Waals surface area contributed by atoms with E-state index in [1.165, 1.54) is 11.8 Å². The number of hydrogen-bond acceptors (Lipinski definition) is 5. The Kier molecular flexibility index (Phi) is 7.74. The first-order chi connectivity index (χ1) is 12.4. The number of benzene rings is 1. The highest BCUT2D eigenvalue weighted by atomic mass is 35.5. The van der Waals surface area contributed by atoms with E-state index in [0.717, 1.165) is 29.9 Å². The quantitative estimate of drug-likeness (QED) is 0.524. The maximum Gasteiger partial charge on any atom is 0.341 e. The highest BCUT2D eigenvalue weighted by molar-refractivity contribution is 7.98. The minimum absolute atomic E-state index is 0.0219. The normalized spacial score (nSPS) is 10.8. The molecule has 0 aliphatic heterocycles. The number of carbonyl (C=O) groups is 2. The number of amides is 2. The number of anilines is 1. The summed E-state index contributed by atoms with van der Waals surface area (Å²) in [5, 5.41) is 16.2. The van der Waals surface area contributed by atoms with Crippen LogP contribution in [0, 0.1) is 0 Å². The molecule has 0 unspecified atom stereocenters. The summed E-state index contributed by atoms with van der Waals surface area (Å²) in [4.78, 5) is 23.7. The molecule has 6 nitrogen and oxygen atoms in total. The van der Waals surface area contributed by atoms with Crippen LogP contribution in [0.1, 0.15) is 42.6 Å². The molecule has 1 heterocycles. The maximum atomic E-state index is 12.1. The average Bonchev–Trinajstić information content (AvgIpc) is 3.01. The van der Waals surface area contributed by atoms with Gasteiger partial charge in [0.25, 0.3) is 0 Å². The van der Waals surface area contributed by atoms with Crippen LogP contribution < -0.4 is 10.6 Å². The lowest BCUT2D eigenvalue weighted by atomic mass is 10.2. The van der Waals surface area contributed by atoms with Gasteiger partial charge >= 0.3 is 12.0 Å². The predicted octanol–water partition coefficient (Wildman–Crippen LogP) is 5.10. The van der Waals surface area contributed by atoms with Crippen LogP contribution in [0.4, 0.5) is 9.80 Å². The number of halogens is 1. The second-order valence-electron chi connectivity index (χ2n) is 5.52. The molecule has 2 rings (SSSR count). The number of nitrogens with one attached hydrogen (secondary N) is 2. The van der Waals surface area contributed by atoms with Gasteiger partial charge in [0.05, 0.1) is 0 Å². The molecule has 2 amide bonds. The number of carboxylic acids is 1. The van der Waals surface area contributed by atoms with Gasteiger partial charge in [0.15, 0.2) is 0 Å². The number of thioether (sulfide) groups is 1. The molecule has 2 aromatic rings. The van der Waals surface area contributed by atoms with E-state index in [1.807, 2.05) is 26.0 Å². The molecule has 140 valence electrons. The zero-order chi connectivity index (χ0) is 19.1. The fourth-order valence-corrected chi connectivity index (χ4v) is 4.22. The van der Waals surface area contributed by atoms with Crippen molar-refractivity contribution in [2.75, 3.05) is 5.32 Å². The topological polar surface area (TPSA) is 91.3 Å². The first-order valence-electron chi connectivity index (χ1n) is 8.12. The van der Waals surface area contributed by atoms with Crippen molar-refractivity contribution < 1.29 is 14.7 Å². The van der Waals surface area contributed by atoms with E-state index in [4.69, 9.17) is 11.6 Å². The number of hydrogen-bond donors (Lipinski definition) is 3. The lowest BCUT2D eigenvalue weighted by Crippen LogP contribution is -2.37. The highest BCUT2D eigenvalue weighted by Crippen LogP contribution is 2.33. The summed E-state index contributed by atoms with van der Waals surface area (Å²) in [6, 6.07) is 6.96. The lowest BCUT2D eigenvalue weighted by Gasteiger charge is -2.14. The summed E-state index contributed by atoms with van der Waals surface area (Å²) in [5.41, 5.74) is 1.03. The monoisotopic (exact) mass is 413 g/mol. The third-order valence-corrected chi connectivity index (χ3v) is 5.89. The molecule has 0 atom stereocenters. The van der Waals surface area contributed by atoms with Crippen molar-refractivity contribution in [3.63, 3.8) is 0 Å². The second kappa shape index (κ2) is 9.80. The van der Waals surface area contributed by atoms with E-state index >= 15 is 0 Å². The van der Waals surface area contributed by atoms with Crippen molar-refractivity contribution in [1.82, 2.24) is 9.69 Å². The van der Waals surface area contributed by atoms with E-state index < -0.39 is 12.0 Å². The molecule has 9 heteroatoms. The van der Waals surface area contributed by atoms with E-state index in [0.29, 0.717) is 15.8 Å². The average molecular weight is 414 g/mol. The van der Waals surface area contributed by atoms with Gasteiger partial charge in [0.1, 0.15) is 15.6 Å². The number of carboxylic acid groups (broad SMARTS) is 1. The molecule has 0 radical (unpaired) electrons. The molecule has 0 aliphatic carbocycles. The Morgan fingerprint density at radius 2 is 1.92 bits per heavy atom. The molecular formula is C17H20ClN3O3S2. The number of rotatable bonds is 8. The summed E-state index contributed by atoms with van der Waals surface area (Å²) in [6.07, 6.45) is 1.61. The molecule has 0 fully saturated rings. The molecule has 0 saturated heterocycles. The van der Waals surface area contributed by atoms with Gasteiger partial charge in [-0.25, -0.2) is 9.59 Å². The van der Waals surface area contributed by atoms with Crippen LogP contribution in [-0.2, 0) is 5.75 Å². The van der Waals surface area contributed by atoms with Gasteiger partial charge in [-0.1, -0.05) is 49.3 Å². The fraction of sp³-hybridized carbons (Fsp3) is 0.353. The first kappa shape index (κ1) is 20.5. The molecule has 1 aromatic carbocycles. The van der Waals surface area contributed by atoms with Crippen molar-refractivity contribution in [2.45, 2.75) is 43.5 Å². The number of aromatic nitrogens is 1. The first-order valence-corrected chi connectivity index (χ1v) is 10.3. The van der Waals surface area contributed by atoms with Crippen LogP contribution >= 0.6 is 34.9 Å². The van der Waals surface area contributed by atoms with E-state index in [2.05, 4.69) is 15.0 Å². The number of carbonyl (C=O) groups excluding carboxylic acids is 1. The number of nitrogens with zero attached hydrogens (tertiary/aromatic N) is 1. The zero-order valence-corrected chi connectivity index (χ0v) is 16.8. The van der Waals surface area contributed by atoms with Crippen molar-refractivity contribution in [3.05, 3.63) is 40.4 Å². The summed E-state index contributed by atoms with van der Waals surface area (Å²) >= 11 is 8.14. The summed E-state index contributed by atoms with van der Waals surface area (Å²) < 4.78 is 4.20. The number of urea groups is 1. The largest absolute Gasteiger partial charge is 0.477 e. The maximum absolute atomic E-state index is 12.1.